The first-order valence-corrected chi connectivity index (χ1v) is 26.5. The van der Waals surface area contributed by atoms with E-state index in [0.29, 0.717) is 0 Å². The van der Waals surface area contributed by atoms with Gasteiger partial charge in [-0.3, -0.25) is 0 Å². The van der Waals surface area contributed by atoms with Crippen LogP contribution in [0.3, 0.4) is 0 Å². The van der Waals surface area contributed by atoms with Crippen LogP contribution in [0.25, 0.3) is 45.5 Å². The maximum atomic E-state index is 4.27. The van der Waals surface area contributed by atoms with Gasteiger partial charge in [0.1, 0.15) is 0 Å². The minimum absolute atomic E-state index is 0.197. The van der Waals surface area contributed by atoms with Gasteiger partial charge in [0.2, 0.25) is 0 Å². The molecule has 0 saturated heterocycles. The molecule has 2 nitrogen and oxygen atoms in total. The highest BCUT2D eigenvalue weighted by molar-refractivity contribution is 8.03. The Morgan fingerprint density at radius 2 is 0.931 bits per heavy atom. The quantitative estimate of drug-likeness (QED) is 0.111. The summed E-state index contributed by atoms with van der Waals surface area (Å²) in [5.41, 5.74) is 24.5. The van der Waals surface area contributed by atoms with Crippen molar-refractivity contribution < 1.29 is 0 Å². The van der Waals surface area contributed by atoms with E-state index in [1.807, 2.05) is 30.0 Å². The predicted octanol–water partition coefficient (Wildman–Crippen LogP) is 18.9. The maximum absolute atomic E-state index is 4.27. The summed E-state index contributed by atoms with van der Waals surface area (Å²) in [5.74, 6) is 0. The van der Waals surface area contributed by atoms with Crippen LogP contribution in [0, 0.1) is 0 Å². The van der Waals surface area contributed by atoms with Gasteiger partial charge in [-0.1, -0.05) is 202 Å². The van der Waals surface area contributed by atoms with Gasteiger partial charge in [0.25, 0.3) is 0 Å². The second-order valence-electron chi connectivity index (χ2n) is 19.7. The average Bonchev–Trinajstić information content (AvgIpc) is 3.96. The Bertz CT molecular complexity index is 3770. The van der Waals surface area contributed by atoms with Crippen molar-refractivity contribution in [1.29, 1.82) is 0 Å². The van der Waals surface area contributed by atoms with Crippen molar-refractivity contribution in [2.24, 2.45) is 0 Å². The van der Waals surface area contributed by atoms with E-state index in [2.05, 4.69) is 251 Å². The van der Waals surface area contributed by atoms with Crippen molar-refractivity contribution in [2.75, 3.05) is 9.80 Å². The summed E-state index contributed by atoms with van der Waals surface area (Å²) in [6, 6.07) is 64.1. The van der Waals surface area contributed by atoms with Gasteiger partial charge in [-0.15, -0.1) is 0 Å². The topological polar surface area (TPSA) is 6.48 Å². The molecule has 2 heterocycles. The molecular weight excluding hydrogens is 909 g/mol. The van der Waals surface area contributed by atoms with Crippen LogP contribution in [0.4, 0.5) is 22.7 Å². The molecule has 0 aromatic heterocycles. The van der Waals surface area contributed by atoms with E-state index < -0.39 is 5.41 Å². The van der Waals surface area contributed by atoms with Gasteiger partial charge in [0, 0.05) is 42.1 Å². The molecule has 346 valence electrons. The lowest BCUT2D eigenvalue weighted by molar-refractivity contribution is 0.660. The minimum atomic E-state index is -0.511. The van der Waals surface area contributed by atoms with Gasteiger partial charge in [0.05, 0.1) is 22.5 Å². The van der Waals surface area contributed by atoms with E-state index >= 15 is 0 Å². The Hall–Kier alpha value is -7.76. The zero-order valence-electron chi connectivity index (χ0n) is 40.9. The molecule has 0 radical (unpaired) electrons. The normalized spacial score (nSPS) is 16.2. The molecule has 2 aliphatic heterocycles. The first kappa shape index (κ1) is 44.2. The third-order valence-corrected chi connectivity index (χ3v) is 17.9. The maximum Gasteiger partial charge on any atom is 0.0726 e. The number of fused-ring (bicyclic) bond motifs is 15. The lowest BCUT2D eigenvalue weighted by Gasteiger charge is -2.35. The average molecular weight is 961 g/mol. The first-order valence-electron chi connectivity index (χ1n) is 24.8. The molecule has 8 aromatic carbocycles. The lowest BCUT2D eigenvalue weighted by atomic mass is 9.70. The number of para-hydroxylation sites is 2. The molecular formula is C68H52N2S2. The molecule has 0 amide bonds. The summed E-state index contributed by atoms with van der Waals surface area (Å²) in [6.45, 7) is 17.3. The molecule has 8 aromatic rings. The van der Waals surface area contributed by atoms with Crippen LogP contribution in [0.5, 0.6) is 0 Å². The van der Waals surface area contributed by atoms with Crippen LogP contribution in [0.15, 0.2) is 250 Å². The van der Waals surface area contributed by atoms with Crippen LogP contribution in [0.2, 0.25) is 0 Å². The summed E-state index contributed by atoms with van der Waals surface area (Å²) in [6.07, 6.45) is 17.0. The SMILES string of the molecule is C=C/C=C\C1=C(C)N(c2ccc3c(c2)C(C)(C)c2cc(/C=C/c4ccc5c(c4)C4(c6ccccc6-c6ccccc64)c4cc(N6C(/C=C\C)=C(C=C)Sc7ccccc76)ccc4-5)ccc2-3)c2ccccc2S1. The molecule has 0 bridgehead atoms. The van der Waals surface area contributed by atoms with Crippen molar-refractivity contribution in [3.63, 3.8) is 0 Å². The van der Waals surface area contributed by atoms with Crippen LogP contribution in [-0.4, -0.2) is 0 Å². The van der Waals surface area contributed by atoms with Crippen LogP contribution < -0.4 is 9.80 Å². The largest absolute Gasteiger partial charge is 0.312 e. The van der Waals surface area contributed by atoms with Crippen LogP contribution in [0.1, 0.15) is 72.2 Å². The third-order valence-electron chi connectivity index (χ3n) is 15.5. The lowest BCUT2D eigenvalue weighted by Crippen LogP contribution is -2.27. The predicted molar refractivity (Wildman–Crippen MR) is 309 cm³/mol. The molecule has 0 N–H and O–H groups in total. The second kappa shape index (κ2) is 16.9. The van der Waals surface area contributed by atoms with E-state index in [9.17, 15) is 0 Å². The number of benzene rings is 8. The Balaban J connectivity index is 0.896. The Morgan fingerprint density at radius 1 is 0.458 bits per heavy atom. The molecule has 13 rings (SSSR count). The van der Waals surface area contributed by atoms with Gasteiger partial charge < -0.3 is 9.80 Å². The molecule has 0 saturated carbocycles. The fourth-order valence-corrected chi connectivity index (χ4v) is 14.3. The van der Waals surface area contributed by atoms with Crippen molar-refractivity contribution in [3.05, 3.63) is 285 Å². The number of allylic oxidation sites excluding steroid dienone is 7. The summed E-state index contributed by atoms with van der Waals surface area (Å²) in [5, 5.41) is 0. The van der Waals surface area contributed by atoms with Crippen molar-refractivity contribution >= 4 is 58.4 Å². The molecule has 72 heavy (non-hydrogen) atoms. The van der Waals surface area contributed by atoms with Gasteiger partial charge >= 0.3 is 0 Å². The summed E-state index contributed by atoms with van der Waals surface area (Å²) < 4.78 is 0. The van der Waals surface area contributed by atoms with Gasteiger partial charge in [-0.2, -0.15) is 0 Å². The van der Waals surface area contributed by atoms with E-state index in [-0.39, 0.29) is 5.41 Å². The number of thioether (sulfide) groups is 2. The van der Waals surface area contributed by atoms with Gasteiger partial charge in [0.15, 0.2) is 0 Å². The van der Waals surface area contributed by atoms with E-state index in [1.165, 1.54) is 115 Å². The third kappa shape index (κ3) is 6.45. The Labute approximate surface area is 432 Å². The molecule has 5 aliphatic rings. The van der Waals surface area contributed by atoms with E-state index in [1.54, 1.807) is 11.8 Å². The molecule has 4 heteroatoms. The summed E-state index contributed by atoms with van der Waals surface area (Å²) in [7, 11) is 0. The van der Waals surface area contributed by atoms with E-state index in [0.717, 1.165) is 16.3 Å². The second-order valence-corrected chi connectivity index (χ2v) is 21.8. The summed E-state index contributed by atoms with van der Waals surface area (Å²) in [4.78, 5) is 9.69. The number of hydrogen-bond acceptors (Lipinski definition) is 4. The molecule has 1 spiro atoms. The Morgan fingerprint density at radius 3 is 1.54 bits per heavy atom. The number of hydrogen-bond donors (Lipinski definition) is 0. The molecule has 3 aliphatic carbocycles. The fraction of sp³-hybridized carbons (Fsp3) is 0.0882. The fourth-order valence-electron chi connectivity index (χ4n) is 12.3. The Kier molecular flexibility index (Phi) is 10.4. The minimum Gasteiger partial charge on any atom is -0.312 e. The summed E-state index contributed by atoms with van der Waals surface area (Å²) >= 11 is 3.61. The molecule has 0 fully saturated rings. The first-order chi connectivity index (χ1) is 35.2. The van der Waals surface area contributed by atoms with Crippen LogP contribution >= 0.6 is 23.5 Å². The van der Waals surface area contributed by atoms with Crippen molar-refractivity contribution in [1.82, 2.24) is 0 Å². The highest BCUT2D eigenvalue weighted by Gasteiger charge is 2.52. The standard InChI is InChI=1S/C68H52N2S2/c1-7-10-26-64-43(4)69(61-24-15-17-27-65(61)72-64)46-33-37-51-50-35-31-44(39-56(50)67(5,6)57(51)41-46)29-30-45-32-36-52-53-38-34-47(70-60(19-8-2)63(9-3)71-66-28-18-16-25-62(66)70)42-59(53)68(58(52)40-45)54-22-13-11-20-48(54)49-21-12-14-23-55(49)68/h7-42H,1,3H2,2,4-6H3/b19-8-,26-10-,30-29+. The monoisotopic (exact) mass is 960 g/mol. The van der Waals surface area contributed by atoms with Crippen LogP contribution in [-0.2, 0) is 10.8 Å². The molecule has 0 atom stereocenters. The van der Waals surface area contributed by atoms with Crippen molar-refractivity contribution in [2.45, 2.75) is 48.3 Å². The van der Waals surface area contributed by atoms with Crippen molar-refractivity contribution in [3.8, 4) is 33.4 Å². The zero-order chi connectivity index (χ0) is 48.9. The zero-order valence-corrected chi connectivity index (χ0v) is 42.5. The highest BCUT2D eigenvalue weighted by atomic mass is 32.2. The van der Waals surface area contributed by atoms with Gasteiger partial charge in [-0.05, 0) is 158 Å². The smallest absolute Gasteiger partial charge is 0.0726 e. The van der Waals surface area contributed by atoms with Gasteiger partial charge in [-0.25, -0.2) is 0 Å². The highest BCUT2D eigenvalue weighted by Crippen LogP contribution is 2.64. The molecule has 0 unspecified atom stereocenters. The number of nitrogens with zero attached hydrogens (tertiary/aromatic N) is 2. The number of anilines is 4. The number of rotatable bonds is 8. The van der Waals surface area contributed by atoms with E-state index in [4.69, 9.17) is 0 Å².